The van der Waals surface area contributed by atoms with E-state index in [0.29, 0.717) is 6.42 Å². The number of halogens is 1. The number of hydrogen-bond acceptors (Lipinski definition) is 3. The Hall–Kier alpha value is -2.48. The predicted molar refractivity (Wildman–Crippen MR) is 135 cm³/mol. The molecule has 0 spiro atoms. The molecule has 0 aliphatic heterocycles. The second kappa shape index (κ2) is 12.1. The molecule has 7 heteroatoms. The summed E-state index contributed by atoms with van der Waals surface area (Å²) in [5, 5.41) is 2.96. The van der Waals surface area contributed by atoms with Gasteiger partial charge in [0.15, 0.2) is 0 Å². The molecule has 5 nitrogen and oxygen atoms in total. The number of carbonyl (C=O) groups is 1. The molecule has 1 N–H and O–H groups in total. The Labute approximate surface area is 205 Å². The van der Waals surface area contributed by atoms with Crippen LogP contribution in [0, 0.1) is 0 Å². The Bertz CT molecular complexity index is 1120. The first-order chi connectivity index (χ1) is 15.8. The minimum Gasteiger partial charge on any atom is -0.352 e. The van der Waals surface area contributed by atoms with Gasteiger partial charge >= 0.3 is 0 Å². The standard InChI is InChI=1S/C26H29BrN2O3S/c1-21(12-13-22-8-4-2-5-9-22)28-26(30)20-29(19-18-23-10-6-3-7-11-23)33(31,32)25-16-14-24(27)15-17-25/h2-11,14-17,21H,12-13,18-20H2,1H3,(H,28,30)/t21-/m0/s1. The molecule has 0 unspecified atom stereocenters. The van der Waals surface area contributed by atoms with Crippen LogP contribution in [-0.2, 0) is 27.7 Å². The molecule has 3 rings (SSSR count). The first-order valence-electron chi connectivity index (χ1n) is 11.0. The molecular weight excluding hydrogens is 500 g/mol. The largest absolute Gasteiger partial charge is 0.352 e. The Morgan fingerprint density at radius 2 is 1.42 bits per heavy atom. The normalized spacial score (nSPS) is 12.5. The molecule has 0 fully saturated rings. The first-order valence-corrected chi connectivity index (χ1v) is 13.2. The highest BCUT2D eigenvalue weighted by Crippen LogP contribution is 2.19. The highest BCUT2D eigenvalue weighted by atomic mass is 79.9. The van der Waals surface area contributed by atoms with Crippen LogP contribution in [0.3, 0.4) is 0 Å². The fourth-order valence-corrected chi connectivity index (χ4v) is 5.18. The second-order valence-corrected chi connectivity index (χ2v) is 10.9. The van der Waals surface area contributed by atoms with Gasteiger partial charge in [-0.05, 0) is 61.6 Å². The van der Waals surface area contributed by atoms with Gasteiger partial charge in [0.25, 0.3) is 0 Å². The van der Waals surface area contributed by atoms with Crippen LogP contribution in [0.4, 0.5) is 0 Å². The van der Waals surface area contributed by atoms with E-state index in [1.165, 1.54) is 9.87 Å². The molecule has 3 aromatic rings. The van der Waals surface area contributed by atoms with E-state index >= 15 is 0 Å². The van der Waals surface area contributed by atoms with E-state index in [9.17, 15) is 13.2 Å². The Kier molecular flexibility index (Phi) is 9.23. The minimum absolute atomic E-state index is 0.0657. The van der Waals surface area contributed by atoms with Crippen LogP contribution < -0.4 is 5.32 Å². The van der Waals surface area contributed by atoms with Crippen LogP contribution in [0.15, 0.2) is 94.3 Å². The molecule has 0 aliphatic carbocycles. The molecule has 0 aliphatic rings. The highest BCUT2D eigenvalue weighted by Gasteiger charge is 2.27. The van der Waals surface area contributed by atoms with Gasteiger partial charge in [0.05, 0.1) is 11.4 Å². The van der Waals surface area contributed by atoms with Gasteiger partial charge in [0, 0.05) is 17.1 Å². The number of aryl methyl sites for hydroxylation is 1. The third-order valence-electron chi connectivity index (χ3n) is 5.38. The van der Waals surface area contributed by atoms with Crippen LogP contribution in [-0.4, -0.2) is 37.8 Å². The molecule has 0 bridgehead atoms. The summed E-state index contributed by atoms with van der Waals surface area (Å²) in [5.41, 5.74) is 2.23. The van der Waals surface area contributed by atoms with E-state index < -0.39 is 10.0 Å². The zero-order valence-corrected chi connectivity index (χ0v) is 21.1. The lowest BCUT2D eigenvalue weighted by Gasteiger charge is -2.23. The summed E-state index contributed by atoms with van der Waals surface area (Å²) in [5.74, 6) is -0.302. The minimum atomic E-state index is -3.82. The van der Waals surface area contributed by atoms with E-state index in [1.807, 2.05) is 55.5 Å². The number of hydrogen-bond donors (Lipinski definition) is 1. The van der Waals surface area contributed by atoms with Gasteiger partial charge in [0.1, 0.15) is 0 Å². The van der Waals surface area contributed by atoms with Gasteiger partial charge in [0.2, 0.25) is 15.9 Å². The quantitative estimate of drug-likeness (QED) is 0.388. The van der Waals surface area contributed by atoms with Crippen molar-refractivity contribution >= 4 is 31.9 Å². The second-order valence-electron chi connectivity index (χ2n) is 8.02. The fraction of sp³-hybridized carbons (Fsp3) is 0.269. The van der Waals surface area contributed by atoms with Gasteiger partial charge in [-0.15, -0.1) is 0 Å². The molecule has 174 valence electrons. The van der Waals surface area contributed by atoms with Crippen molar-refractivity contribution in [2.24, 2.45) is 0 Å². The molecule has 0 radical (unpaired) electrons. The van der Waals surface area contributed by atoms with Crippen LogP contribution >= 0.6 is 15.9 Å². The Morgan fingerprint density at radius 1 is 0.879 bits per heavy atom. The summed E-state index contributed by atoms with van der Waals surface area (Å²) in [4.78, 5) is 13.0. The van der Waals surface area contributed by atoms with Crippen molar-refractivity contribution in [1.29, 1.82) is 0 Å². The fourth-order valence-electron chi connectivity index (χ4n) is 3.52. The average Bonchev–Trinajstić information content (AvgIpc) is 2.82. The number of amides is 1. The molecule has 1 amide bonds. The molecule has 3 aromatic carbocycles. The van der Waals surface area contributed by atoms with Crippen molar-refractivity contribution in [2.45, 2.75) is 37.1 Å². The zero-order valence-electron chi connectivity index (χ0n) is 18.7. The van der Waals surface area contributed by atoms with Crippen LogP contribution in [0.5, 0.6) is 0 Å². The van der Waals surface area contributed by atoms with Gasteiger partial charge in [-0.25, -0.2) is 8.42 Å². The van der Waals surface area contributed by atoms with Gasteiger partial charge in [-0.1, -0.05) is 76.6 Å². The van der Waals surface area contributed by atoms with Crippen molar-refractivity contribution in [3.8, 4) is 0 Å². The number of benzene rings is 3. The maximum absolute atomic E-state index is 13.3. The van der Waals surface area contributed by atoms with Gasteiger partial charge in [-0.3, -0.25) is 4.79 Å². The third-order valence-corrected chi connectivity index (χ3v) is 7.77. The third kappa shape index (κ3) is 7.81. The molecular formula is C26H29BrN2O3S. The lowest BCUT2D eigenvalue weighted by Crippen LogP contribution is -2.44. The topological polar surface area (TPSA) is 66.5 Å². The zero-order chi connectivity index (χ0) is 23.7. The van der Waals surface area contributed by atoms with Crippen molar-refractivity contribution in [2.75, 3.05) is 13.1 Å². The van der Waals surface area contributed by atoms with E-state index in [1.54, 1.807) is 24.3 Å². The van der Waals surface area contributed by atoms with E-state index in [0.717, 1.165) is 22.9 Å². The number of nitrogens with one attached hydrogen (secondary N) is 1. The lowest BCUT2D eigenvalue weighted by molar-refractivity contribution is -0.121. The van der Waals surface area contributed by atoms with Crippen LogP contribution in [0.2, 0.25) is 0 Å². The highest BCUT2D eigenvalue weighted by molar-refractivity contribution is 9.10. The van der Waals surface area contributed by atoms with Crippen molar-refractivity contribution < 1.29 is 13.2 Å². The van der Waals surface area contributed by atoms with Gasteiger partial charge < -0.3 is 5.32 Å². The average molecular weight is 530 g/mol. The van der Waals surface area contributed by atoms with Crippen molar-refractivity contribution in [1.82, 2.24) is 9.62 Å². The number of carbonyl (C=O) groups excluding carboxylic acids is 1. The summed E-state index contributed by atoms with van der Waals surface area (Å²) in [6.07, 6.45) is 2.14. The maximum atomic E-state index is 13.3. The Balaban J connectivity index is 1.67. The smallest absolute Gasteiger partial charge is 0.243 e. The van der Waals surface area contributed by atoms with Crippen molar-refractivity contribution in [3.63, 3.8) is 0 Å². The van der Waals surface area contributed by atoms with Crippen molar-refractivity contribution in [3.05, 3.63) is 101 Å². The molecule has 0 heterocycles. The SMILES string of the molecule is C[C@@H](CCc1ccccc1)NC(=O)CN(CCc1ccccc1)S(=O)(=O)c1ccc(Br)cc1. The number of rotatable bonds is 11. The van der Waals surface area contributed by atoms with Crippen LogP contribution in [0.1, 0.15) is 24.5 Å². The maximum Gasteiger partial charge on any atom is 0.243 e. The summed E-state index contributed by atoms with van der Waals surface area (Å²) in [6, 6.07) is 26.2. The van der Waals surface area contributed by atoms with E-state index in [-0.39, 0.29) is 29.9 Å². The first kappa shape index (κ1) is 25.1. The summed E-state index contributed by atoms with van der Waals surface area (Å²) in [6.45, 7) is 1.94. The Morgan fingerprint density at radius 3 is 2.00 bits per heavy atom. The summed E-state index contributed by atoms with van der Waals surface area (Å²) in [7, 11) is -3.82. The molecule has 33 heavy (non-hydrogen) atoms. The van der Waals surface area contributed by atoms with Crippen LogP contribution in [0.25, 0.3) is 0 Å². The molecule has 0 saturated heterocycles. The van der Waals surface area contributed by atoms with Gasteiger partial charge in [-0.2, -0.15) is 4.31 Å². The number of nitrogens with zero attached hydrogens (tertiary/aromatic N) is 1. The molecule has 0 aromatic heterocycles. The monoisotopic (exact) mass is 528 g/mol. The summed E-state index contributed by atoms with van der Waals surface area (Å²) < 4.78 is 28.7. The predicted octanol–water partition coefficient (Wildman–Crippen LogP) is 4.82. The lowest BCUT2D eigenvalue weighted by atomic mass is 10.1. The molecule has 0 saturated carbocycles. The summed E-state index contributed by atoms with van der Waals surface area (Å²) >= 11 is 3.34. The molecule has 1 atom stereocenters. The van der Waals surface area contributed by atoms with E-state index in [2.05, 4.69) is 33.4 Å². The number of sulfonamides is 1. The van der Waals surface area contributed by atoms with E-state index in [4.69, 9.17) is 0 Å².